The lowest BCUT2D eigenvalue weighted by Crippen LogP contribution is -2.45. The molecule has 0 unspecified atom stereocenters. The summed E-state index contributed by atoms with van der Waals surface area (Å²) < 4.78 is 25.2. The first-order valence-corrected chi connectivity index (χ1v) is 9.45. The fourth-order valence-corrected chi connectivity index (χ4v) is 3.56. The van der Waals surface area contributed by atoms with E-state index in [0.717, 1.165) is 25.3 Å². The summed E-state index contributed by atoms with van der Waals surface area (Å²) in [5.74, 6) is 1.20. The van der Waals surface area contributed by atoms with E-state index in [1.807, 2.05) is 13.0 Å². The Kier molecular flexibility index (Phi) is 5.41. The number of aryl methyl sites for hydroxylation is 1. The molecule has 0 bridgehead atoms. The molecule has 0 amide bonds. The number of aromatic nitrogens is 1. The Morgan fingerprint density at radius 3 is 2.86 bits per heavy atom. The second-order valence-corrected chi connectivity index (χ2v) is 7.02. The van der Waals surface area contributed by atoms with Crippen LogP contribution < -0.4 is 10.1 Å². The van der Waals surface area contributed by atoms with Crippen LogP contribution >= 0.6 is 0 Å². The maximum Gasteiger partial charge on any atom is 0.229 e. The molecule has 5 nitrogen and oxygen atoms in total. The summed E-state index contributed by atoms with van der Waals surface area (Å²) in [4.78, 5) is 6.94. The summed E-state index contributed by atoms with van der Waals surface area (Å²) in [5, 5.41) is 3.57. The maximum absolute atomic E-state index is 14.3. The minimum atomic E-state index is -0.375. The van der Waals surface area contributed by atoms with Gasteiger partial charge < -0.3 is 14.5 Å². The van der Waals surface area contributed by atoms with Gasteiger partial charge in [-0.1, -0.05) is 30.3 Å². The molecule has 1 fully saturated rings. The SMILES string of the molecule is COc1ccc(F)c(-c2nc(CN3CCN[C@@H](c4ccccc4)C3)c(C)o2)c1. The van der Waals surface area contributed by atoms with E-state index in [0.29, 0.717) is 29.5 Å². The number of hydrogen-bond donors (Lipinski definition) is 1. The van der Waals surface area contributed by atoms with Crippen molar-refractivity contribution in [1.29, 1.82) is 0 Å². The van der Waals surface area contributed by atoms with Crippen LogP contribution in [0.25, 0.3) is 11.5 Å². The van der Waals surface area contributed by atoms with Gasteiger partial charge in [-0.15, -0.1) is 0 Å². The quantitative estimate of drug-likeness (QED) is 0.725. The summed E-state index contributed by atoms with van der Waals surface area (Å²) in [7, 11) is 1.55. The van der Waals surface area contributed by atoms with Gasteiger partial charge in [-0.3, -0.25) is 4.90 Å². The van der Waals surface area contributed by atoms with Crippen LogP contribution in [0.2, 0.25) is 0 Å². The van der Waals surface area contributed by atoms with Gasteiger partial charge in [0.1, 0.15) is 17.3 Å². The van der Waals surface area contributed by atoms with E-state index >= 15 is 0 Å². The first-order valence-electron chi connectivity index (χ1n) is 9.45. The summed E-state index contributed by atoms with van der Waals surface area (Å²) in [6.07, 6.45) is 0. The maximum atomic E-state index is 14.3. The zero-order valence-corrected chi connectivity index (χ0v) is 16.1. The van der Waals surface area contributed by atoms with Gasteiger partial charge in [0, 0.05) is 32.2 Å². The molecule has 4 rings (SSSR count). The molecule has 0 radical (unpaired) electrons. The van der Waals surface area contributed by atoms with E-state index in [9.17, 15) is 4.39 Å². The zero-order chi connectivity index (χ0) is 19.5. The van der Waals surface area contributed by atoms with Gasteiger partial charge in [0.05, 0.1) is 18.4 Å². The van der Waals surface area contributed by atoms with Crippen LogP contribution in [0.15, 0.2) is 52.9 Å². The standard InChI is InChI=1S/C22H24FN3O2/c1-15-20(25-22(28-15)18-12-17(27-2)8-9-19(18)23)13-26-11-10-24-21(14-26)16-6-4-3-5-7-16/h3-9,12,21,24H,10-11,13-14H2,1-2H3/t21-/m1/s1. The highest BCUT2D eigenvalue weighted by atomic mass is 19.1. The molecule has 6 heteroatoms. The van der Waals surface area contributed by atoms with Crippen molar-refractivity contribution in [2.24, 2.45) is 0 Å². The van der Waals surface area contributed by atoms with E-state index in [4.69, 9.17) is 9.15 Å². The van der Waals surface area contributed by atoms with Crippen LogP contribution in [0.1, 0.15) is 23.1 Å². The molecule has 1 aliphatic heterocycles. The van der Waals surface area contributed by atoms with Crippen LogP contribution in [0.4, 0.5) is 4.39 Å². The molecular formula is C22H24FN3O2. The van der Waals surface area contributed by atoms with Crippen LogP contribution in [0.3, 0.4) is 0 Å². The molecule has 0 aliphatic carbocycles. The Balaban J connectivity index is 1.51. The van der Waals surface area contributed by atoms with Crippen molar-refractivity contribution in [3.8, 4) is 17.2 Å². The topological polar surface area (TPSA) is 50.5 Å². The lowest BCUT2D eigenvalue weighted by molar-refractivity contribution is 0.191. The molecule has 1 N–H and O–H groups in total. The largest absolute Gasteiger partial charge is 0.497 e. The first kappa shape index (κ1) is 18.7. The van der Waals surface area contributed by atoms with Crippen molar-refractivity contribution in [2.45, 2.75) is 19.5 Å². The minimum Gasteiger partial charge on any atom is -0.497 e. The van der Waals surface area contributed by atoms with Gasteiger partial charge in [-0.2, -0.15) is 0 Å². The Bertz CT molecular complexity index is 942. The molecule has 0 saturated carbocycles. The molecule has 1 aliphatic rings. The van der Waals surface area contributed by atoms with E-state index in [1.165, 1.54) is 11.6 Å². The molecule has 2 heterocycles. The number of rotatable bonds is 5. The van der Waals surface area contributed by atoms with E-state index in [-0.39, 0.29) is 11.9 Å². The lowest BCUT2D eigenvalue weighted by Gasteiger charge is -2.33. The molecule has 0 spiro atoms. The Labute approximate surface area is 164 Å². The highest BCUT2D eigenvalue weighted by Crippen LogP contribution is 2.29. The average Bonchev–Trinajstić information content (AvgIpc) is 3.09. The Morgan fingerprint density at radius 1 is 1.25 bits per heavy atom. The molecular weight excluding hydrogens is 357 g/mol. The van der Waals surface area contributed by atoms with Gasteiger partial charge >= 0.3 is 0 Å². The van der Waals surface area contributed by atoms with Gasteiger partial charge in [0.2, 0.25) is 5.89 Å². The number of hydrogen-bond acceptors (Lipinski definition) is 5. The number of benzene rings is 2. The molecule has 1 saturated heterocycles. The number of ether oxygens (including phenoxy) is 1. The van der Waals surface area contributed by atoms with Crippen LogP contribution in [-0.4, -0.2) is 36.6 Å². The average molecular weight is 381 g/mol. The smallest absolute Gasteiger partial charge is 0.229 e. The predicted molar refractivity (Wildman–Crippen MR) is 106 cm³/mol. The van der Waals surface area contributed by atoms with Crippen molar-refractivity contribution < 1.29 is 13.5 Å². The number of halogens is 1. The third-order valence-corrected chi connectivity index (χ3v) is 5.13. The molecule has 1 aromatic heterocycles. The molecule has 3 aromatic rings. The summed E-state index contributed by atoms with van der Waals surface area (Å²) in [5.41, 5.74) is 2.44. The third-order valence-electron chi connectivity index (χ3n) is 5.13. The monoisotopic (exact) mass is 381 g/mol. The molecule has 146 valence electrons. The fraction of sp³-hybridized carbons (Fsp3) is 0.318. The normalized spacial score (nSPS) is 17.6. The Hall–Kier alpha value is -2.70. The first-order chi connectivity index (χ1) is 13.6. The summed E-state index contributed by atoms with van der Waals surface area (Å²) >= 11 is 0. The van der Waals surface area contributed by atoms with Gasteiger partial charge in [-0.25, -0.2) is 9.37 Å². The van der Waals surface area contributed by atoms with Crippen LogP contribution in [0.5, 0.6) is 5.75 Å². The second-order valence-electron chi connectivity index (χ2n) is 7.02. The summed E-state index contributed by atoms with van der Waals surface area (Å²) in [6, 6.07) is 15.3. The lowest BCUT2D eigenvalue weighted by atomic mass is 10.0. The van der Waals surface area contributed by atoms with Crippen molar-refractivity contribution in [3.63, 3.8) is 0 Å². The number of nitrogens with one attached hydrogen (secondary N) is 1. The van der Waals surface area contributed by atoms with E-state index < -0.39 is 0 Å². The van der Waals surface area contributed by atoms with Gasteiger partial charge in [0.15, 0.2) is 0 Å². The fourth-order valence-electron chi connectivity index (χ4n) is 3.56. The van der Waals surface area contributed by atoms with Crippen molar-refractivity contribution in [3.05, 3.63) is 71.4 Å². The van der Waals surface area contributed by atoms with Crippen molar-refractivity contribution in [2.75, 3.05) is 26.7 Å². The van der Waals surface area contributed by atoms with Crippen LogP contribution in [0, 0.1) is 12.7 Å². The highest BCUT2D eigenvalue weighted by Gasteiger charge is 2.23. The third kappa shape index (κ3) is 3.93. The molecule has 1 atom stereocenters. The van der Waals surface area contributed by atoms with Crippen molar-refractivity contribution in [1.82, 2.24) is 15.2 Å². The second kappa shape index (κ2) is 8.12. The number of oxazole rings is 1. The number of methoxy groups -OCH3 is 1. The van der Waals surface area contributed by atoms with Gasteiger partial charge in [0.25, 0.3) is 0 Å². The van der Waals surface area contributed by atoms with Crippen molar-refractivity contribution >= 4 is 0 Å². The number of piperazine rings is 1. The Morgan fingerprint density at radius 2 is 2.07 bits per heavy atom. The predicted octanol–water partition coefficient (Wildman–Crippen LogP) is 3.94. The van der Waals surface area contributed by atoms with E-state index in [1.54, 1.807) is 19.2 Å². The van der Waals surface area contributed by atoms with Crippen LogP contribution in [-0.2, 0) is 6.54 Å². The zero-order valence-electron chi connectivity index (χ0n) is 16.1. The highest BCUT2D eigenvalue weighted by molar-refractivity contribution is 5.57. The summed E-state index contributed by atoms with van der Waals surface area (Å²) in [6.45, 7) is 5.28. The number of nitrogens with zero attached hydrogens (tertiary/aromatic N) is 2. The van der Waals surface area contributed by atoms with E-state index in [2.05, 4.69) is 39.5 Å². The van der Waals surface area contributed by atoms with Gasteiger partial charge in [-0.05, 0) is 30.7 Å². The molecule has 28 heavy (non-hydrogen) atoms. The molecule has 2 aromatic carbocycles. The minimum absolute atomic E-state index is 0.289.